The topological polar surface area (TPSA) is 41.6 Å². The lowest BCUT2D eigenvalue weighted by Crippen LogP contribution is -2.44. The van der Waals surface area contributed by atoms with Gasteiger partial charge >= 0.3 is 0 Å². The number of hydrogen-bond acceptors (Lipinski definition) is 3. The monoisotopic (exact) mass is 226 g/mol. The smallest absolute Gasteiger partial charge is 0.236 e. The summed E-state index contributed by atoms with van der Waals surface area (Å²) < 4.78 is 5.29. The molecule has 16 heavy (non-hydrogen) atoms. The summed E-state index contributed by atoms with van der Waals surface area (Å²) in [6.45, 7) is 5.05. The summed E-state index contributed by atoms with van der Waals surface area (Å²) >= 11 is 0. The molecule has 2 aliphatic rings. The van der Waals surface area contributed by atoms with E-state index in [-0.39, 0.29) is 5.91 Å². The van der Waals surface area contributed by atoms with Crippen molar-refractivity contribution in [2.45, 2.75) is 44.7 Å². The summed E-state index contributed by atoms with van der Waals surface area (Å²) in [5.74, 6) is 0.261. The normalized spacial score (nSPS) is 22.1. The van der Waals surface area contributed by atoms with Crippen LogP contribution in [-0.2, 0) is 9.53 Å². The Balaban J connectivity index is 1.69. The minimum atomic E-state index is 0.261. The van der Waals surface area contributed by atoms with Gasteiger partial charge in [-0.15, -0.1) is 0 Å². The molecule has 1 N–H and O–H groups in total. The van der Waals surface area contributed by atoms with E-state index < -0.39 is 0 Å². The van der Waals surface area contributed by atoms with Crippen molar-refractivity contribution in [3.05, 3.63) is 0 Å². The fraction of sp³-hybridized carbons (Fsp3) is 0.917. The van der Waals surface area contributed by atoms with E-state index in [9.17, 15) is 4.79 Å². The molecule has 4 nitrogen and oxygen atoms in total. The van der Waals surface area contributed by atoms with Gasteiger partial charge in [-0.05, 0) is 32.6 Å². The highest BCUT2D eigenvalue weighted by atomic mass is 16.5. The Morgan fingerprint density at radius 2 is 2.00 bits per heavy atom. The molecule has 0 spiro atoms. The number of ether oxygens (including phenoxy) is 1. The summed E-state index contributed by atoms with van der Waals surface area (Å²) in [6.07, 6.45) is 4.44. The van der Waals surface area contributed by atoms with Gasteiger partial charge in [0.1, 0.15) is 0 Å². The van der Waals surface area contributed by atoms with Crippen molar-refractivity contribution < 1.29 is 9.53 Å². The fourth-order valence-electron chi connectivity index (χ4n) is 2.26. The minimum absolute atomic E-state index is 0.261. The number of rotatable bonds is 5. The van der Waals surface area contributed by atoms with Crippen LogP contribution in [0, 0.1) is 0 Å². The summed E-state index contributed by atoms with van der Waals surface area (Å²) in [4.78, 5) is 13.9. The lowest BCUT2D eigenvalue weighted by Gasteiger charge is -2.25. The van der Waals surface area contributed by atoms with Crippen LogP contribution in [0.4, 0.5) is 0 Å². The highest BCUT2D eigenvalue weighted by Crippen LogP contribution is 2.26. The van der Waals surface area contributed by atoms with Crippen LogP contribution in [0.25, 0.3) is 0 Å². The number of nitrogens with zero attached hydrogens (tertiary/aromatic N) is 1. The molecule has 1 aliphatic heterocycles. The average molecular weight is 226 g/mol. The molecule has 2 rings (SSSR count). The van der Waals surface area contributed by atoms with Crippen LogP contribution in [0.3, 0.4) is 0 Å². The van der Waals surface area contributed by atoms with Gasteiger partial charge < -0.3 is 15.0 Å². The molecule has 1 amide bonds. The van der Waals surface area contributed by atoms with Crippen LogP contribution in [-0.4, -0.2) is 49.2 Å². The quantitative estimate of drug-likeness (QED) is 0.752. The lowest BCUT2D eigenvalue weighted by atomic mass is 10.1. The highest BCUT2D eigenvalue weighted by Gasteiger charge is 2.31. The molecule has 4 heteroatoms. The van der Waals surface area contributed by atoms with E-state index in [4.69, 9.17) is 4.74 Å². The maximum Gasteiger partial charge on any atom is 0.236 e. The zero-order chi connectivity index (χ0) is 11.4. The Kier molecular flexibility index (Phi) is 4.18. The summed E-state index contributed by atoms with van der Waals surface area (Å²) in [7, 11) is 0. The van der Waals surface area contributed by atoms with Crippen LogP contribution in [0.1, 0.15) is 32.6 Å². The summed E-state index contributed by atoms with van der Waals surface area (Å²) in [5, 5.41) is 3.35. The maximum absolute atomic E-state index is 11.9. The van der Waals surface area contributed by atoms with Gasteiger partial charge in [-0.1, -0.05) is 0 Å². The van der Waals surface area contributed by atoms with E-state index in [2.05, 4.69) is 12.2 Å². The first-order valence-corrected chi connectivity index (χ1v) is 6.42. The van der Waals surface area contributed by atoms with E-state index in [1.165, 1.54) is 12.8 Å². The molecule has 92 valence electrons. The first kappa shape index (κ1) is 11.9. The Hall–Kier alpha value is -0.610. The molecule has 1 saturated carbocycles. The van der Waals surface area contributed by atoms with E-state index in [1.807, 2.05) is 4.90 Å². The predicted molar refractivity (Wildman–Crippen MR) is 62.3 cm³/mol. The molecule has 0 radical (unpaired) electrons. The van der Waals surface area contributed by atoms with E-state index >= 15 is 0 Å². The van der Waals surface area contributed by atoms with Crippen molar-refractivity contribution in [2.75, 3.05) is 26.3 Å². The number of carbonyl (C=O) groups is 1. The first-order valence-electron chi connectivity index (χ1n) is 6.42. The molecule has 0 atom stereocenters. The molecule has 0 bridgehead atoms. The molecule has 1 heterocycles. The average Bonchev–Trinajstić information content (AvgIpc) is 3.13. The van der Waals surface area contributed by atoms with E-state index in [0.29, 0.717) is 18.6 Å². The van der Waals surface area contributed by atoms with Crippen LogP contribution < -0.4 is 5.32 Å². The van der Waals surface area contributed by atoms with Gasteiger partial charge in [0.05, 0.1) is 6.54 Å². The van der Waals surface area contributed by atoms with Crippen molar-refractivity contribution in [3.8, 4) is 0 Å². The Labute approximate surface area is 97.3 Å². The molecule has 0 aromatic carbocycles. The second kappa shape index (κ2) is 5.64. The molecule has 2 fully saturated rings. The number of likely N-dealkylation sites (N-methyl/N-ethyl adjacent to an activating group) is 1. The van der Waals surface area contributed by atoms with Crippen molar-refractivity contribution in [1.82, 2.24) is 10.2 Å². The first-order chi connectivity index (χ1) is 7.81. The van der Waals surface area contributed by atoms with Crippen molar-refractivity contribution in [3.63, 3.8) is 0 Å². The third-order valence-electron chi connectivity index (χ3n) is 3.41. The Morgan fingerprint density at radius 3 is 2.56 bits per heavy atom. The second-order valence-corrected chi connectivity index (χ2v) is 4.68. The molecule has 1 aliphatic carbocycles. The molecule has 0 unspecified atom stereocenters. The van der Waals surface area contributed by atoms with Crippen molar-refractivity contribution in [1.29, 1.82) is 0 Å². The third-order valence-corrected chi connectivity index (χ3v) is 3.41. The minimum Gasteiger partial charge on any atom is -0.381 e. The lowest BCUT2D eigenvalue weighted by molar-refractivity contribution is -0.130. The summed E-state index contributed by atoms with van der Waals surface area (Å²) in [6, 6.07) is 1.00. The maximum atomic E-state index is 11.9. The highest BCUT2D eigenvalue weighted by molar-refractivity contribution is 5.78. The van der Waals surface area contributed by atoms with Gasteiger partial charge in [0, 0.05) is 31.8 Å². The van der Waals surface area contributed by atoms with Crippen LogP contribution in [0.15, 0.2) is 0 Å². The van der Waals surface area contributed by atoms with Crippen LogP contribution in [0.5, 0.6) is 0 Å². The zero-order valence-electron chi connectivity index (χ0n) is 10.1. The molecular formula is C12H22N2O2. The van der Waals surface area contributed by atoms with Crippen LogP contribution in [0.2, 0.25) is 0 Å². The zero-order valence-corrected chi connectivity index (χ0v) is 10.1. The largest absolute Gasteiger partial charge is 0.381 e. The summed E-state index contributed by atoms with van der Waals surface area (Å²) in [5.41, 5.74) is 0. The van der Waals surface area contributed by atoms with E-state index in [1.54, 1.807) is 0 Å². The standard InChI is InChI=1S/C12H22N2O2/c1-2-14(11-3-4-11)12(15)9-13-10-5-7-16-8-6-10/h10-11,13H,2-9H2,1H3. The predicted octanol–water partition coefficient (Wildman–Crippen LogP) is 0.766. The van der Waals surface area contributed by atoms with Crippen molar-refractivity contribution >= 4 is 5.91 Å². The van der Waals surface area contributed by atoms with Gasteiger partial charge in [0.15, 0.2) is 0 Å². The number of carbonyl (C=O) groups excluding carboxylic acids is 1. The van der Waals surface area contributed by atoms with Gasteiger partial charge in [0.2, 0.25) is 5.91 Å². The SMILES string of the molecule is CCN(C(=O)CNC1CCOCC1)C1CC1. The number of hydrogen-bond donors (Lipinski definition) is 1. The second-order valence-electron chi connectivity index (χ2n) is 4.68. The fourth-order valence-corrected chi connectivity index (χ4v) is 2.26. The molecule has 0 aromatic heterocycles. The Bertz CT molecular complexity index is 235. The van der Waals surface area contributed by atoms with Gasteiger partial charge in [-0.2, -0.15) is 0 Å². The molecule has 0 aromatic rings. The Morgan fingerprint density at radius 1 is 1.31 bits per heavy atom. The molecule has 1 saturated heterocycles. The van der Waals surface area contributed by atoms with E-state index in [0.717, 1.165) is 32.6 Å². The third kappa shape index (κ3) is 3.19. The van der Waals surface area contributed by atoms with Gasteiger partial charge in [-0.25, -0.2) is 0 Å². The van der Waals surface area contributed by atoms with Crippen molar-refractivity contribution in [2.24, 2.45) is 0 Å². The van der Waals surface area contributed by atoms with Crippen LogP contribution >= 0.6 is 0 Å². The number of amides is 1. The molecular weight excluding hydrogens is 204 g/mol. The number of nitrogens with one attached hydrogen (secondary N) is 1. The van der Waals surface area contributed by atoms with Gasteiger partial charge in [-0.3, -0.25) is 4.79 Å². The van der Waals surface area contributed by atoms with Gasteiger partial charge in [0.25, 0.3) is 0 Å².